The van der Waals surface area contributed by atoms with E-state index in [0.29, 0.717) is 28.7 Å². The van der Waals surface area contributed by atoms with Crippen molar-refractivity contribution < 1.29 is 9.59 Å². The van der Waals surface area contributed by atoms with Crippen LogP contribution in [0.1, 0.15) is 17.8 Å². The van der Waals surface area contributed by atoms with Crippen LogP contribution < -0.4 is 15.8 Å². The number of anilines is 1. The van der Waals surface area contributed by atoms with Crippen molar-refractivity contribution in [3.05, 3.63) is 99.1 Å². The van der Waals surface area contributed by atoms with Gasteiger partial charge in [0.1, 0.15) is 0 Å². The molecular formula is C26H22BrN5O3. The van der Waals surface area contributed by atoms with Crippen molar-refractivity contribution >= 4 is 44.2 Å². The summed E-state index contributed by atoms with van der Waals surface area (Å²) < 4.78 is 2.25. The summed E-state index contributed by atoms with van der Waals surface area (Å²) in [5.41, 5.74) is 1.84. The Morgan fingerprint density at radius 1 is 1.03 bits per heavy atom. The number of carbonyl (C=O) groups excluding carboxylic acids is 2. The third kappa shape index (κ3) is 4.85. The standard InChI is InChI=1S/C26H22BrN5O3/c27-18-6-5-8-20(13-18)31-15-17(12-24(31)33)25(34)29-14-23-21-9-1-2-10-22(21)26(35)32(30-23)16-19-7-3-4-11-28-19/h1-11,13,17H,12,14-16H2,(H,29,34). The number of nitrogens with zero attached hydrogens (tertiary/aromatic N) is 4. The largest absolute Gasteiger partial charge is 0.350 e. The predicted octanol–water partition coefficient (Wildman–Crippen LogP) is 3.27. The molecule has 2 aromatic heterocycles. The first-order valence-electron chi connectivity index (χ1n) is 11.2. The number of benzene rings is 2. The van der Waals surface area contributed by atoms with Crippen molar-refractivity contribution in [1.29, 1.82) is 0 Å². The van der Waals surface area contributed by atoms with Crippen molar-refractivity contribution in [2.75, 3.05) is 11.4 Å². The van der Waals surface area contributed by atoms with E-state index in [9.17, 15) is 14.4 Å². The van der Waals surface area contributed by atoms with Crippen molar-refractivity contribution in [2.24, 2.45) is 5.92 Å². The first-order valence-corrected chi connectivity index (χ1v) is 12.0. The quantitative estimate of drug-likeness (QED) is 0.411. The van der Waals surface area contributed by atoms with E-state index in [0.717, 1.165) is 10.2 Å². The smallest absolute Gasteiger partial charge is 0.275 e. The molecule has 9 heteroatoms. The topological polar surface area (TPSA) is 97.2 Å². The molecule has 1 fully saturated rings. The van der Waals surface area contributed by atoms with E-state index in [4.69, 9.17) is 0 Å². The fourth-order valence-corrected chi connectivity index (χ4v) is 4.67. The summed E-state index contributed by atoms with van der Waals surface area (Å²) in [6.07, 6.45) is 1.81. The van der Waals surface area contributed by atoms with Gasteiger partial charge < -0.3 is 10.2 Å². The van der Waals surface area contributed by atoms with Gasteiger partial charge in [-0.25, -0.2) is 4.68 Å². The molecule has 1 atom stereocenters. The fourth-order valence-electron chi connectivity index (χ4n) is 4.28. The highest BCUT2D eigenvalue weighted by Gasteiger charge is 2.35. The number of fused-ring (bicyclic) bond motifs is 1. The molecule has 2 amide bonds. The van der Waals surface area contributed by atoms with Crippen LogP contribution in [0.2, 0.25) is 0 Å². The molecule has 3 heterocycles. The Morgan fingerprint density at radius 3 is 2.60 bits per heavy atom. The van der Waals surface area contributed by atoms with Gasteiger partial charge in [-0.15, -0.1) is 0 Å². The van der Waals surface area contributed by atoms with Crippen molar-refractivity contribution in [2.45, 2.75) is 19.5 Å². The van der Waals surface area contributed by atoms with Gasteiger partial charge in [-0.2, -0.15) is 5.10 Å². The number of rotatable bonds is 6. The Balaban J connectivity index is 1.35. The zero-order chi connectivity index (χ0) is 24.4. The van der Waals surface area contributed by atoms with Crippen molar-refractivity contribution in [1.82, 2.24) is 20.1 Å². The number of amides is 2. The SMILES string of the molecule is O=C(NCc1nn(Cc2ccccn2)c(=O)c2ccccc12)C1CC(=O)N(c2cccc(Br)c2)C1. The lowest BCUT2D eigenvalue weighted by Gasteiger charge is -2.17. The summed E-state index contributed by atoms with van der Waals surface area (Å²) in [6, 6.07) is 20.2. The lowest BCUT2D eigenvalue weighted by atomic mass is 10.1. The van der Waals surface area contributed by atoms with Gasteiger partial charge in [0.2, 0.25) is 11.8 Å². The lowest BCUT2D eigenvalue weighted by molar-refractivity contribution is -0.126. The van der Waals surface area contributed by atoms with E-state index >= 15 is 0 Å². The third-order valence-corrected chi connectivity index (χ3v) is 6.52. The monoisotopic (exact) mass is 531 g/mol. The molecule has 1 saturated heterocycles. The van der Waals surface area contributed by atoms with E-state index in [-0.39, 0.29) is 36.9 Å². The van der Waals surface area contributed by atoms with Crippen LogP contribution >= 0.6 is 15.9 Å². The van der Waals surface area contributed by atoms with Crippen LogP contribution in [0.15, 0.2) is 82.2 Å². The number of aromatic nitrogens is 3. The summed E-state index contributed by atoms with van der Waals surface area (Å²) in [5, 5.41) is 8.69. The van der Waals surface area contributed by atoms with Gasteiger partial charge in [-0.05, 0) is 36.4 Å². The summed E-state index contributed by atoms with van der Waals surface area (Å²) in [6.45, 7) is 0.683. The molecule has 0 aliphatic carbocycles. The molecule has 176 valence electrons. The summed E-state index contributed by atoms with van der Waals surface area (Å²) >= 11 is 3.42. The van der Waals surface area contributed by atoms with E-state index in [1.165, 1.54) is 4.68 Å². The van der Waals surface area contributed by atoms with Crippen LogP contribution in [-0.2, 0) is 22.7 Å². The highest BCUT2D eigenvalue weighted by Crippen LogP contribution is 2.27. The maximum absolute atomic E-state index is 13.0. The Morgan fingerprint density at radius 2 is 1.83 bits per heavy atom. The highest BCUT2D eigenvalue weighted by atomic mass is 79.9. The minimum Gasteiger partial charge on any atom is -0.350 e. The molecule has 4 aromatic rings. The van der Waals surface area contributed by atoms with Gasteiger partial charge in [0, 0.05) is 34.7 Å². The normalized spacial score (nSPS) is 15.5. The van der Waals surface area contributed by atoms with Crippen molar-refractivity contribution in [3.63, 3.8) is 0 Å². The first-order chi connectivity index (χ1) is 17.0. The second-order valence-corrected chi connectivity index (χ2v) is 9.29. The van der Waals surface area contributed by atoms with Gasteiger partial charge in [0.25, 0.3) is 5.56 Å². The average Bonchev–Trinajstić information content (AvgIpc) is 3.27. The molecule has 1 unspecified atom stereocenters. The molecule has 0 bridgehead atoms. The van der Waals surface area contributed by atoms with Crippen molar-refractivity contribution in [3.8, 4) is 0 Å². The van der Waals surface area contributed by atoms with Crippen LogP contribution in [0.5, 0.6) is 0 Å². The van der Waals surface area contributed by atoms with Crippen LogP contribution in [0.4, 0.5) is 5.69 Å². The van der Waals surface area contributed by atoms with E-state index in [1.54, 1.807) is 23.2 Å². The molecule has 0 saturated carbocycles. The van der Waals surface area contributed by atoms with E-state index in [1.807, 2.05) is 54.6 Å². The Hall–Kier alpha value is -3.85. The molecular weight excluding hydrogens is 510 g/mol. The molecule has 1 aliphatic heterocycles. The highest BCUT2D eigenvalue weighted by molar-refractivity contribution is 9.10. The van der Waals surface area contributed by atoms with Gasteiger partial charge >= 0.3 is 0 Å². The predicted molar refractivity (Wildman–Crippen MR) is 136 cm³/mol. The van der Waals surface area contributed by atoms with E-state index in [2.05, 4.69) is 31.3 Å². The maximum atomic E-state index is 13.0. The average molecular weight is 532 g/mol. The second kappa shape index (κ2) is 9.79. The Bertz CT molecular complexity index is 1470. The minimum absolute atomic E-state index is 0.0873. The first kappa shape index (κ1) is 22.9. The van der Waals surface area contributed by atoms with Crippen LogP contribution in [0, 0.1) is 5.92 Å². The van der Waals surface area contributed by atoms with E-state index < -0.39 is 5.92 Å². The molecule has 0 radical (unpaired) electrons. The number of hydrogen-bond donors (Lipinski definition) is 1. The number of hydrogen-bond acceptors (Lipinski definition) is 5. The molecule has 35 heavy (non-hydrogen) atoms. The minimum atomic E-state index is -0.466. The van der Waals surface area contributed by atoms with Crippen LogP contribution in [-0.4, -0.2) is 33.1 Å². The number of carbonyl (C=O) groups is 2. The zero-order valence-corrected chi connectivity index (χ0v) is 20.3. The van der Waals surface area contributed by atoms with Gasteiger partial charge in [0.05, 0.1) is 35.8 Å². The summed E-state index contributed by atoms with van der Waals surface area (Å²) in [4.78, 5) is 44.5. The summed E-state index contributed by atoms with van der Waals surface area (Å²) in [7, 11) is 0. The second-order valence-electron chi connectivity index (χ2n) is 8.38. The molecule has 1 aliphatic rings. The summed E-state index contributed by atoms with van der Waals surface area (Å²) in [5.74, 6) is -0.771. The van der Waals surface area contributed by atoms with Crippen LogP contribution in [0.3, 0.4) is 0 Å². The molecule has 2 aromatic carbocycles. The molecule has 1 N–H and O–H groups in total. The fraction of sp³-hybridized carbons (Fsp3) is 0.192. The molecule has 8 nitrogen and oxygen atoms in total. The molecule has 0 spiro atoms. The number of pyridine rings is 1. The third-order valence-electron chi connectivity index (χ3n) is 6.03. The Kier molecular flexibility index (Phi) is 6.41. The van der Waals surface area contributed by atoms with Gasteiger partial charge in [0.15, 0.2) is 0 Å². The van der Waals surface area contributed by atoms with Gasteiger partial charge in [-0.1, -0.05) is 46.3 Å². The maximum Gasteiger partial charge on any atom is 0.275 e. The lowest BCUT2D eigenvalue weighted by Crippen LogP contribution is -2.34. The molecule has 5 rings (SSSR count). The Labute approximate surface area is 209 Å². The number of nitrogens with one attached hydrogen (secondary N) is 1. The van der Waals surface area contributed by atoms with Gasteiger partial charge in [-0.3, -0.25) is 19.4 Å². The zero-order valence-electron chi connectivity index (χ0n) is 18.7. The van der Waals surface area contributed by atoms with Crippen LogP contribution in [0.25, 0.3) is 10.8 Å². The number of halogens is 1.